The van der Waals surface area contributed by atoms with E-state index in [-0.39, 0.29) is 22.7 Å². The summed E-state index contributed by atoms with van der Waals surface area (Å²) in [6.07, 6.45) is 0. The Hall–Kier alpha value is -4.94. The minimum Gasteiger partial charge on any atom is -0.505 e. The van der Waals surface area contributed by atoms with Gasteiger partial charge >= 0.3 is 8.56 Å². The fraction of sp³-hybridized carbons (Fsp3) is 0. The Morgan fingerprint density at radius 1 is 0.444 bits per heavy atom. The zero-order valence-electron chi connectivity index (χ0n) is 23.9. The smallest absolute Gasteiger partial charge is 0.505 e. The van der Waals surface area contributed by atoms with E-state index in [1.54, 1.807) is 84.9 Å². The minimum atomic E-state index is -3.81. The van der Waals surface area contributed by atoms with Crippen LogP contribution in [-0.4, -0.2) is 20.1 Å². The van der Waals surface area contributed by atoms with Crippen molar-refractivity contribution in [1.29, 1.82) is 0 Å². The zero-order valence-corrected chi connectivity index (χ0v) is 26.4. The van der Waals surface area contributed by atoms with Crippen molar-refractivity contribution in [3.63, 3.8) is 0 Å². The van der Waals surface area contributed by atoms with Crippen molar-refractivity contribution in [3.05, 3.63) is 190 Å². The Morgan fingerprint density at radius 3 is 1.13 bits per heavy atom. The largest absolute Gasteiger partial charge is 0.531 e. The molecule has 0 N–H and O–H groups in total. The molecule has 0 spiro atoms. The van der Waals surface area contributed by atoms with Gasteiger partial charge < -0.3 is 8.85 Å². The Labute approximate surface area is 272 Å². The van der Waals surface area contributed by atoms with Crippen LogP contribution in [0.1, 0.15) is 31.8 Å². The second-order valence-corrected chi connectivity index (χ2v) is 13.9. The standard InChI is InChI=1S/C38H26Cl2O4Si/c39-29-21-23-35(33(25-29)37(41)27-13-5-1-6-14-27)43-45(31-17-9-3-10-18-31,32-19-11-4-12-20-32)44-36-24-22-30(40)26-34(36)38(42)28-15-7-2-8-16-28/h1-26H. The number of rotatable bonds is 10. The van der Waals surface area contributed by atoms with Gasteiger partial charge in [-0.1, -0.05) is 145 Å². The highest BCUT2D eigenvalue weighted by molar-refractivity contribution is 6.93. The summed E-state index contributed by atoms with van der Waals surface area (Å²) in [6.45, 7) is 0. The lowest BCUT2D eigenvalue weighted by Crippen LogP contribution is -2.68. The van der Waals surface area contributed by atoms with Crippen molar-refractivity contribution in [2.45, 2.75) is 0 Å². The second-order valence-electron chi connectivity index (χ2n) is 10.2. The first-order chi connectivity index (χ1) is 21.9. The topological polar surface area (TPSA) is 52.6 Å². The normalized spacial score (nSPS) is 11.1. The summed E-state index contributed by atoms with van der Waals surface area (Å²) in [6, 6.07) is 47.0. The lowest BCUT2D eigenvalue weighted by atomic mass is 10.0. The van der Waals surface area contributed by atoms with E-state index in [1.165, 1.54) is 0 Å². The highest BCUT2D eigenvalue weighted by atomic mass is 35.5. The van der Waals surface area contributed by atoms with Crippen LogP contribution >= 0.6 is 23.2 Å². The van der Waals surface area contributed by atoms with Gasteiger partial charge in [0, 0.05) is 31.5 Å². The molecule has 6 aromatic rings. The third-order valence-corrected chi connectivity index (χ3v) is 10.9. The molecule has 0 radical (unpaired) electrons. The molecule has 6 aromatic carbocycles. The molecule has 0 amide bonds. The molecule has 0 aliphatic heterocycles. The van der Waals surface area contributed by atoms with Crippen molar-refractivity contribution in [2.24, 2.45) is 0 Å². The summed E-state index contributed by atoms with van der Waals surface area (Å²) < 4.78 is 14.1. The van der Waals surface area contributed by atoms with Gasteiger partial charge in [0.1, 0.15) is 11.5 Å². The minimum absolute atomic E-state index is 0.247. The summed E-state index contributed by atoms with van der Waals surface area (Å²) in [7, 11) is -3.81. The Balaban J connectivity index is 1.56. The van der Waals surface area contributed by atoms with Crippen LogP contribution in [-0.2, 0) is 0 Å². The lowest BCUT2D eigenvalue weighted by Gasteiger charge is -2.33. The average molecular weight is 646 g/mol. The van der Waals surface area contributed by atoms with Gasteiger partial charge in [-0.2, -0.15) is 0 Å². The van der Waals surface area contributed by atoms with Gasteiger partial charge in [-0.05, 0) is 36.4 Å². The van der Waals surface area contributed by atoms with Crippen LogP contribution in [0.15, 0.2) is 158 Å². The molecule has 45 heavy (non-hydrogen) atoms. The predicted octanol–water partition coefficient (Wildman–Crippen LogP) is 8.17. The SMILES string of the molecule is O=C(c1ccccc1)c1cc(Cl)ccc1O[Si](Oc1ccc(Cl)cc1C(=O)c1ccccc1)(c1ccccc1)c1ccccc1. The van der Waals surface area contributed by atoms with Crippen LogP contribution in [0.25, 0.3) is 0 Å². The maximum Gasteiger partial charge on any atom is 0.531 e. The predicted molar refractivity (Wildman–Crippen MR) is 182 cm³/mol. The van der Waals surface area contributed by atoms with E-state index < -0.39 is 8.56 Å². The molecular formula is C38H26Cl2O4Si. The molecule has 6 rings (SSSR count). The molecular weight excluding hydrogens is 619 g/mol. The first kappa shape index (κ1) is 30.1. The molecule has 0 unspecified atom stereocenters. The summed E-state index contributed by atoms with van der Waals surface area (Å²) >= 11 is 12.9. The Kier molecular flexibility index (Phi) is 8.94. The van der Waals surface area contributed by atoms with Crippen molar-refractivity contribution >= 4 is 53.7 Å². The number of hydrogen-bond donors (Lipinski definition) is 0. The van der Waals surface area contributed by atoms with Crippen LogP contribution < -0.4 is 19.2 Å². The number of halogens is 2. The molecule has 0 saturated heterocycles. The van der Waals surface area contributed by atoms with Gasteiger partial charge in [0.25, 0.3) is 0 Å². The third-order valence-electron chi connectivity index (χ3n) is 7.26. The van der Waals surface area contributed by atoms with Gasteiger partial charge in [-0.25, -0.2) is 0 Å². The molecule has 7 heteroatoms. The quantitative estimate of drug-likeness (QED) is 0.111. The van der Waals surface area contributed by atoms with Gasteiger partial charge in [0.15, 0.2) is 11.6 Å². The number of carbonyl (C=O) groups excluding carboxylic acids is 2. The van der Waals surface area contributed by atoms with Crippen molar-refractivity contribution in [3.8, 4) is 11.5 Å². The van der Waals surface area contributed by atoms with Crippen LogP contribution in [0.5, 0.6) is 11.5 Å². The van der Waals surface area contributed by atoms with Gasteiger partial charge in [0.05, 0.1) is 11.1 Å². The van der Waals surface area contributed by atoms with Crippen LogP contribution in [0.4, 0.5) is 0 Å². The highest BCUT2D eigenvalue weighted by Gasteiger charge is 2.48. The average Bonchev–Trinajstić information content (AvgIpc) is 3.10. The van der Waals surface area contributed by atoms with E-state index in [0.29, 0.717) is 32.7 Å². The number of ketones is 2. The Morgan fingerprint density at radius 2 is 0.778 bits per heavy atom. The summed E-state index contributed by atoms with van der Waals surface area (Å²) in [5.41, 5.74) is 1.56. The summed E-state index contributed by atoms with van der Waals surface area (Å²) in [5, 5.41) is 2.31. The molecule has 0 fully saturated rings. The molecule has 0 atom stereocenters. The molecule has 0 heterocycles. The third kappa shape index (κ3) is 6.47. The molecule has 0 aliphatic carbocycles. The van der Waals surface area contributed by atoms with E-state index in [4.69, 9.17) is 32.1 Å². The van der Waals surface area contributed by atoms with Crippen LogP contribution in [0.2, 0.25) is 10.0 Å². The molecule has 0 aliphatic rings. The van der Waals surface area contributed by atoms with Crippen LogP contribution in [0, 0.1) is 0 Å². The maximum atomic E-state index is 13.9. The zero-order chi connectivity index (χ0) is 31.2. The summed E-state index contributed by atoms with van der Waals surface area (Å²) in [4.78, 5) is 27.7. The van der Waals surface area contributed by atoms with E-state index in [9.17, 15) is 9.59 Å². The fourth-order valence-electron chi connectivity index (χ4n) is 5.08. The summed E-state index contributed by atoms with van der Waals surface area (Å²) in [5.74, 6) is 0.113. The molecule has 0 saturated carbocycles. The first-order valence-corrected chi connectivity index (χ1v) is 16.8. The fourth-order valence-corrected chi connectivity index (χ4v) is 8.50. The first-order valence-electron chi connectivity index (χ1n) is 14.2. The number of carbonyl (C=O) groups is 2. The molecule has 0 aromatic heterocycles. The van der Waals surface area contributed by atoms with Crippen LogP contribution in [0.3, 0.4) is 0 Å². The van der Waals surface area contributed by atoms with Gasteiger partial charge in [-0.3, -0.25) is 9.59 Å². The number of hydrogen-bond acceptors (Lipinski definition) is 4. The molecule has 0 bridgehead atoms. The highest BCUT2D eigenvalue weighted by Crippen LogP contribution is 2.32. The molecule has 4 nitrogen and oxygen atoms in total. The van der Waals surface area contributed by atoms with Gasteiger partial charge in [-0.15, -0.1) is 0 Å². The van der Waals surface area contributed by atoms with E-state index in [1.807, 2.05) is 72.8 Å². The van der Waals surface area contributed by atoms with Crippen molar-refractivity contribution in [2.75, 3.05) is 0 Å². The van der Waals surface area contributed by atoms with Gasteiger partial charge in [0.2, 0.25) is 0 Å². The van der Waals surface area contributed by atoms with E-state index >= 15 is 0 Å². The van der Waals surface area contributed by atoms with Crippen molar-refractivity contribution < 1.29 is 18.4 Å². The monoisotopic (exact) mass is 644 g/mol. The Bertz CT molecular complexity index is 1810. The maximum absolute atomic E-state index is 13.9. The van der Waals surface area contributed by atoms with Crippen molar-refractivity contribution in [1.82, 2.24) is 0 Å². The van der Waals surface area contributed by atoms with E-state index in [2.05, 4.69) is 0 Å². The lowest BCUT2D eigenvalue weighted by molar-refractivity contribution is 0.103. The molecule has 220 valence electrons. The second kappa shape index (κ2) is 13.4. The van der Waals surface area contributed by atoms with E-state index in [0.717, 1.165) is 10.4 Å². The number of benzene rings is 6.